The van der Waals surface area contributed by atoms with Gasteiger partial charge in [0.25, 0.3) is 5.91 Å². The first kappa shape index (κ1) is 30.4. The monoisotopic (exact) mass is 607 g/mol. The van der Waals surface area contributed by atoms with Crippen LogP contribution in [-0.4, -0.2) is 78.6 Å². The first-order chi connectivity index (χ1) is 21.1. The highest BCUT2D eigenvalue weighted by Gasteiger charge is 2.35. The Hall–Kier alpha value is -5.04. The van der Waals surface area contributed by atoms with Gasteiger partial charge in [0, 0.05) is 37.0 Å². The van der Waals surface area contributed by atoms with Gasteiger partial charge in [-0.05, 0) is 55.5 Å². The number of hydrogen-bond donors (Lipinski definition) is 4. The maximum absolute atomic E-state index is 13.7. The number of hydrogen-bond acceptors (Lipinski definition) is 7. The third kappa shape index (κ3) is 6.78. The first-order valence-electron chi connectivity index (χ1n) is 14.1. The average molecular weight is 608 g/mol. The number of carbonyl (C=O) groups excluding carboxylic acids is 3. The summed E-state index contributed by atoms with van der Waals surface area (Å²) in [5, 5.41) is 18.2. The Labute approximate surface area is 253 Å². The van der Waals surface area contributed by atoms with Crippen LogP contribution in [0.15, 0.2) is 60.7 Å². The van der Waals surface area contributed by atoms with Gasteiger partial charge in [0.05, 0.1) is 30.4 Å². The molecule has 3 aromatic carbocycles. The molecule has 2 aliphatic rings. The summed E-state index contributed by atoms with van der Waals surface area (Å²) in [5.74, 6) is 0.135. The lowest BCUT2D eigenvalue weighted by Gasteiger charge is -2.38. The van der Waals surface area contributed by atoms with E-state index in [2.05, 4.69) is 16.0 Å². The molecule has 0 bridgehead atoms. The molecule has 0 saturated carbocycles. The maximum Gasteiger partial charge on any atom is 0.323 e. The zero-order valence-electron chi connectivity index (χ0n) is 24.5. The summed E-state index contributed by atoms with van der Waals surface area (Å²) in [6.45, 7) is 3.83. The molecule has 5 amide bonds. The number of likely N-dealkylation sites (N-methyl/N-ethyl adjacent to an activating group) is 1. The van der Waals surface area contributed by atoms with Crippen LogP contribution in [0.4, 0.5) is 31.0 Å². The van der Waals surface area contributed by atoms with E-state index in [-0.39, 0.29) is 55.3 Å². The van der Waals surface area contributed by atoms with Gasteiger partial charge in [-0.2, -0.15) is 0 Å². The molecule has 0 spiro atoms. The first-order valence-corrected chi connectivity index (χ1v) is 14.1. The number of amides is 5. The number of rotatable bonds is 7. The lowest BCUT2D eigenvalue weighted by molar-refractivity contribution is 0.0373. The van der Waals surface area contributed by atoms with Crippen LogP contribution in [0, 0.1) is 11.7 Å². The van der Waals surface area contributed by atoms with Gasteiger partial charge in [0.15, 0.2) is 17.2 Å². The van der Waals surface area contributed by atoms with Gasteiger partial charge in [0.2, 0.25) is 6.79 Å². The molecular formula is C31H34FN5O7. The minimum Gasteiger partial charge on any atom is -0.485 e. The molecule has 232 valence electrons. The van der Waals surface area contributed by atoms with Gasteiger partial charge in [-0.15, -0.1) is 0 Å². The molecule has 0 fully saturated rings. The molecule has 0 radical (unpaired) electrons. The van der Waals surface area contributed by atoms with Crippen molar-refractivity contribution in [3.8, 4) is 17.2 Å². The van der Waals surface area contributed by atoms with Crippen molar-refractivity contribution in [3.63, 3.8) is 0 Å². The number of aliphatic hydroxyl groups is 1. The van der Waals surface area contributed by atoms with Crippen molar-refractivity contribution in [2.24, 2.45) is 5.92 Å². The predicted octanol–water partition coefficient (Wildman–Crippen LogP) is 4.58. The zero-order chi connectivity index (χ0) is 31.4. The Bertz CT molecular complexity index is 1540. The number of aliphatic hydroxyl groups excluding tert-OH is 1. The Balaban J connectivity index is 1.39. The van der Waals surface area contributed by atoms with E-state index < -0.39 is 30.0 Å². The smallest absolute Gasteiger partial charge is 0.323 e. The van der Waals surface area contributed by atoms with Crippen molar-refractivity contribution < 1.29 is 38.1 Å². The average Bonchev–Trinajstić information content (AvgIpc) is 3.48. The molecule has 0 aromatic heterocycles. The number of para-hydroxylation sites is 1. The standard InChI is InChI=1S/C31H34FN5O7/c1-18-14-37(19(2)16-38)29(39)23-5-4-6-24(35-30(40)33-22-11-12-25-26(13-22)43-17-42-25)28(23)44-27(18)15-36(3)31(41)34-21-9-7-20(32)8-10-21/h4-13,18-19,27,38H,14-17H2,1-3H3,(H,34,41)(H2,33,35,40)/t18-,19+,27-/m1/s1. The molecule has 44 heavy (non-hydrogen) atoms. The van der Waals surface area contributed by atoms with Gasteiger partial charge in [-0.1, -0.05) is 13.0 Å². The van der Waals surface area contributed by atoms with Crippen LogP contribution in [0.1, 0.15) is 24.2 Å². The summed E-state index contributed by atoms with van der Waals surface area (Å²) in [6, 6.07) is 13.7. The van der Waals surface area contributed by atoms with E-state index in [1.54, 1.807) is 55.3 Å². The molecular weight excluding hydrogens is 573 g/mol. The summed E-state index contributed by atoms with van der Waals surface area (Å²) in [7, 11) is 1.59. The Morgan fingerprint density at radius 1 is 1.05 bits per heavy atom. The Morgan fingerprint density at radius 3 is 2.52 bits per heavy atom. The highest BCUT2D eigenvalue weighted by Crippen LogP contribution is 2.36. The highest BCUT2D eigenvalue weighted by molar-refractivity contribution is 6.04. The Kier molecular flexibility index (Phi) is 9.04. The quantitative estimate of drug-likeness (QED) is 0.308. The third-order valence-corrected chi connectivity index (χ3v) is 7.47. The predicted molar refractivity (Wildman–Crippen MR) is 161 cm³/mol. The molecule has 4 N–H and O–H groups in total. The van der Waals surface area contributed by atoms with E-state index in [0.29, 0.717) is 22.9 Å². The lowest BCUT2D eigenvalue weighted by Crippen LogP contribution is -2.50. The topological polar surface area (TPSA) is 142 Å². The number of halogens is 1. The summed E-state index contributed by atoms with van der Waals surface area (Å²) in [4.78, 5) is 42.8. The molecule has 2 heterocycles. The van der Waals surface area contributed by atoms with Crippen molar-refractivity contribution >= 4 is 35.0 Å². The number of ether oxygens (including phenoxy) is 3. The van der Waals surface area contributed by atoms with Crippen LogP contribution < -0.4 is 30.2 Å². The molecule has 0 saturated heterocycles. The maximum atomic E-state index is 13.7. The largest absolute Gasteiger partial charge is 0.485 e. The highest BCUT2D eigenvalue weighted by atomic mass is 19.1. The molecule has 0 aliphatic carbocycles. The fourth-order valence-corrected chi connectivity index (χ4v) is 4.92. The Morgan fingerprint density at radius 2 is 1.77 bits per heavy atom. The van der Waals surface area contributed by atoms with Crippen molar-refractivity contribution in [2.45, 2.75) is 26.0 Å². The lowest BCUT2D eigenvalue weighted by atomic mass is 9.99. The third-order valence-electron chi connectivity index (χ3n) is 7.47. The van der Waals surface area contributed by atoms with E-state index in [1.165, 1.54) is 29.2 Å². The van der Waals surface area contributed by atoms with Crippen molar-refractivity contribution in [1.29, 1.82) is 0 Å². The normalized spacial score (nSPS) is 17.8. The number of urea groups is 2. The van der Waals surface area contributed by atoms with E-state index in [0.717, 1.165) is 0 Å². The van der Waals surface area contributed by atoms with Crippen LogP contribution in [-0.2, 0) is 0 Å². The summed E-state index contributed by atoms with van der Waals surface area (Å²) in [6.07, 6.45) is -0.626. The fourth-order valence-electron chi connectivity index (χ4n) is 4.92. The number of nitrogens with one attached hydrogen (secondary N) is 3. The summed E-state index contributed by atoms with van der Waals surface area (Å²) >= 11 is 0. The van der Waals surface area contributed by atoms with E-state index in [9.17, 15) is 23.9 Å². The molecule has 12 nitrogen and oxygen atoms in total. The fraction of sp³-hybridized carbons (Fsp3) is 0.323. The molecule has 3 aromatic rings. The minimum atomic E-state index is -0.626. The SMILES string of the molecule is C[C@@H]1CN([C@@H](C)CO)C(=O)c2cccc(NC(=O)Nc3ccc4c(c3)OCO4)c2O[C@@H]1CN(C)C(=O)Nc1ccc(F)cc1. The number of carbonyl (C=O) groups is 3. The molecule has 5 rings (SSSR count). The van der Waals surface area contributed by atoms with E-state index >= 15 is 0 Å². The molecule has 2 aliphatic heterocycles. The second-order valence-corrected chi connectivity index (χ2v) is 10.8. The van der Waals surface area contributed by atoms with Crippen molar-refractivity contribution in [2.75, 3.05) is 49.5 Å². The zero-order valence-corrected chi connectivity index (χ0v) is 24.5. The minimum absolute atomic E-state index is 0.0983. The van der Waals surface area contributed by atoms with E-state index in [1.807, 2.05) is 6.92 Å². The van der Waals surface area contributed by atoms with Gasteiger partial charge >= 0.3 is 12.1 Å². The van der Waals surface area contributed by atoms with Gasteiger partial charge in [-0.25, -0.2) is 14.0 Å². The second kappa shape index (κ2) is 13.1. The van der Waals surface area contributed by atoms with Crippen LogP contribution in [0.3, 0.4) is 0 Å². The summed E-state index contributed by atoms with van der Waals surface area (Å²) < 4.78 is 30.5. The van der Waals surface area contributed by atoms with Crippen molar-refractivity contribution in [1.82, 2.24) is 9.80 Å². The van der Waals surface area contributed by atoms with Gasteiger partial charge < -0.3 is 45.1 Å². The van der Waals surface area contributed by atoms with Gasteiger partial charge in [-0.3, -0.25) is 4.79 Å². The second-order valence-electron chi connectivity index (χ2n) is 10.8. The summed E-state index contributed by atoms with van der Waals surface area (Å²) in [5.41, 5.74) is 1.32. The van der Waals surface area contributed by atoms with Gasteiger partial charge in [0.1, 0.15) is 11.9 Å². The number of nitrogens with zero attached hydrogens (tertiary/aromatic N) is 2. The number of benzene rings is 3. The number of fused-ring (bicyclic) bond motifs is 2. The molecule has 13 heteroatoms. The van der Waals surface area contributed by atoms with Crippen LogP contribution in [0.5, 0.6) is 17.2 Å². The number of anilines is 3. The molecule has 3 atom stereocenters. The van der Waals surface area contributed by atoms with Crippen LogP contribution in [0.25, 0.3) is 0 Å². The van der Waals surface area contributed by atoms with Crippen LogP contribution in [0.2, 0.25) is 0 Å². The van der Waals surface area contributed by atoms with Crippen LogP contribution >= 0.6 is 0 Å². The van der Waals surface area contributed by atoms with E-state index in [4.69, 9.17) is 14.2 Å². The molecule has 0 unspecified atom stereocenters. The van der Waals surface area contributed by atoms with Crippen molar-refractivity contribution in [3.05, 3.63) is 72.0 Å².